The molecule has 1 atom stereocenters. The first-order valence-electron chi connectivity index (χ1n) is 12.7. The molecule has 4 aromatic rings. The molecule has 5 rings (SSSR count). The first kappa shape index (κ1) is 27.3. The number of anilines is 2. The van der Waals surface area contributed by atoms with Crippen LogP contribution in [0.1, 0.15) is 18.1 Å². The molecule has 0 aliphatic carbocycles. The van der Waals surface area contributed by atoms with E-state index in [1.807, 2.05) is 24.3 Å². The fourth-order valence-corrected chi connectivity index (χ4v) is 4.34. The molecule has 0 unspecified atom stereocenters. The van der Waals surface area contributed by atoms with E-state index in [4.69, 9.17) is 25.9 Å². The van der Waals surface area contributed by atoms with Crippen molar-refractivity contribution in [1.29, 1.82) is 0 Å². The Morgan fingerprint density at radius 3 is 2.92 bits per heavy atom. The second-order valence-corrected chi connectivity index (χ2v) is 9.39. The zero-order chi connectivity index (χ0) is 27.7. The molecule has 1 saturated heterocycles. The highest BCUT2D eigenvalue weighted by Gasteiger charge is 2.14. The first-order chi connectivity index (χ1) is 19.6. The van der Waals surface area contributed by atoms with Crippen LogP contribution in [0.15, 0.2) is 72.1 Å². The number of oxime groups is 1. The van der Waals surface area contributed by atoms with Crippen molar-refractivity contribution in [2.45, 2.75) is 19.6 Å². The predicted octanol–water partition coefficient (Wildman–Crippen LogP) is 5.48. The van der Waals surface area contributed by atoms with Crippen molar-refractivity contribution >= 4 is 39.7 Å². The molecule has 204 valence electrons. The minimum atomic E-state index is -0.313. The number of nitrogens with zero attached hydrogens (tertiary/aromatic N) is 3. The molecule has 0 saturated carbocycles. The van der Waals surface area contributed by atoms with E-state index < -0.39 is 0 Å². The normalized spacial score (nSPS) is 15.3. The molecular formula is C30H27ClFN5O3. The average molecular weight is 560 g/mol. The van der Waals surface area contributed by atoms with Gasteiger partial charge in [0.25, 0.3) is 0 Å². The second kappa shape index (κ2) is 13.2. The van der Waals surface area contributed by atoms with Gasteiger partial charge in [0.15, 0.2) is 5.71 Å². The monoisotopic (exact) mass is 559 g/mol. The van der Waals surface area contributed by atoms with Crippen molar-refractivity contribution in [3.63, 3.8) is 0 Å². The van der Waals surface area contributed by atoms with Crippen LogP contribution in [0.5, 0.6) is 5.75 Å². The minimum absolute atomic E-state index is 0.0825. The Balaban J connectivity index is 1.33. The van der Waals surface area contributed by atoms with E-state index >= 15 is 0 Å². The van der Waals surface area contributed by atoms with Gasteiger partial charge in [-0.25, -0.2) is 14.4 Å². The van der Waals surface area contributed by atoms with Crippen molar-refractivity contribution in [3.05, 3.63) is 89.0 Å². The maximum atomic E-state index is 13.4. The van der Waals surface area contributed by atoms with Gasteiger partial charge in [-0.05, 0) is 66.9 Å². The van der Waals surface area contributed by atoms with E-state index in [-0.39, 0.29) is 18.5 Å². The van der Waals surface area contributed by atoms with Gasteiger partial charge in [0.2, 0.25) is 0 Å². The fourth-order valence-electron chi connectivity index (χ4n) is 4.11. The largest absolute Gasteiger partial charge is 0.487 e. The lowest BCUT2D eigenvalue weighted by molar-refractivity contribution is 0.0312. The fraction of sp³-hybridized carbons (Fsp3) is 0.233. The highest BCUT2D eigenvalue weighted by Crippen LogP contribution is 2.31. The molecule has 0 spiro atoms. The van der Waals surface area contributed by atoms with Crippen LogP contribution in [-0.4, -0.2) is 48.1 Å². The van der Waals surface area contributed by atoms with Crippen LogP contribution in [0.2, 0.25) is 5.02 Å². The molecule has 1 fully saturated rings. The summed E-state index contributed by atoms with van der Waals surface area (Å²) >= 11 is 6.49. The summed E-state index contributed by atoms with van der Waals surface area (Å²) in [6.07, 6.45) is 1.49. The summed E-state index contributed by atoms with van der Waals surface area (Å²) in [6.45, 7) is 4.39. The summed E-state index contributed by atoms with van der Waals surface area (Å²) in [5.74, 6) is 6.68. The van der Waals surface area contributed by atoms with Crippen molar-refractivity contribution in [2.75, 3.05) is 31.7 Å². The first-order valence-corrected chi connectivity index (χ1v) is 13.1. The average Bonchev–Trinajstić information content (AvgIpc) is 2.97. The molecule has 0 bridgehead atoms. The number of hydrogen-bond donors (Lipinski definition) is 2. The topological polar surface area (TPSA) is 89.9 Å². The molecule has 3 aromatic carbocycles. The van der Waals surface area contributed by atoms with Gasteiger partial charge >= 0.3 is 0 Å². The number of benzene rings is 3. The number of halogens is 2. The standard InChI is InChI=1S/C30H27ClFN5O3/c1-2-4-27(37-40-18-24-17-38-12-11-33-24)21-7-9-28-25(14-21)30(35-19-34-28)36-23-8-10-29(26(31)15-23)39-16-20-5-3-6-22(32)13-20/h3,5-10,13-15,19,24,33H,11-12,16-18H2,1H3,(H,34,35,36)/b37-27+/t24-/m0/s1. The van der Waals surface area contributed by atoms with Gasteiger partial charge in [-0.1, -0.05) is 34.8 Å². The SMILES string of the molecule is CC#C/C(=N\OC[C@@H]1COCCN1)c1ccc2ncnc(Nc3ccc(OCc4cccc(F)c4)c(Cl)c3)c2c1. The van der Waals surface area contributed by atoms with Crippen LogP contribution >= 0.6 is 11.6 Å². The molecule has 2 heterocycles. The highest BCUT2D eigenvalue weighted by molar-refractivity contribution is 6.32. The summed E-state index contributed by atoms with van der Waals surface area (Å²) in [4.78, 5) is 14.4. The molecule has 40 heavy (non-hydrogen) atoms. The van der Waals surface area contributed by atoms with Gasteiger partial charge in [-0.15, -0.1) is 0 Å². The Kier molecular flexibility index (Phi) is 9.04. The van der Waals surface area contributed by atoms with Gasteiger partial charge in [0, 0.05) is 23.2 Å². The zero-order valence-corrected chi connectivity index (χ0v) is 22.5. The van der Waals surface area contributed by atoms with Crippen LogP contribution in [-0.2, 0) is 16.2 Å². The number of fused-ring (bicyclic) bond motifs is 1. The second-order valence-electron chi connectivity index (χ2n) is 8.98. The van der Waals surface area contributed by atoms with E-state index in [1.54, 1.807) is 31.2 Å². The Morgan fingerprint density at radius 1 is 1.20 bits per heavy atom. The molecule has 0 radical (unpaired) electrons. The van der Waals surface area contributed by atoms with Crippen molar-refractivity contribution in [3.8, 4) is 17.6 Å². The molecule has 0 amide bonds. The smallest absolute Gasteiger partial charge is 0.159 e. The quantitative estimate of drug-likeness (QED) is 0.159. The summed E-state index contributed by atoms with van der Waals surface area (Å²) in [5.41, 5.74) is 3.43. The van der Waals surface area contributed by atoms with E-state index in [0.29, 0.717) is 53.4 Å². The summed E-state index contributed by atoms with van der Waals surface area (Å²) < 4.78 is 24.7. The lowest BCUT2D eigenvalue weighted by atomic mass is 10.1. The third kappa shape index (κ3) is 7.04. The van der Waals surface area contributed by atoms with Crippen molar-refractivity contribution in [1.82, 2.24) is 15.3 Å². The van der Waals surface area contributed by atoms with Crippen LogP contribution in [0, 0.1) is 17.7 Å². The minimum Gasteiger partial charge on any atom is -0.487 e. The molecule has 1 aliphatic heterocycles. The van der Waals surface area contributed by atoms with Crippen molar-refractivity contribution in [2.24, 2.45) is 5.16 Å². The number of nitrogens with one attached hydrogen (secondary N) is 2. The number of morpholine rings is 1. The van der Waals surface area contributed by atoms with Crippen LogP contribution in [0.25, 0.3) is 10.9 Å². The summed E-state index contributed by atoms with van der Waals surface area (Å²) in [6, 6.07) is 17.4. The maximum Gasteiger partial charge on any atom is 0.159 e. The van der Waals surface area contributed by atoms with Gasteiger partial charge in [-0.2, -0.15) is 0 Å². The number of hydrogen-bond acceptors (Lipinski definition) is 8. The van der Waals surface area contributed by atoms with Crippen LogP contribution in [0.3, 0.4) is 0 Å². The van der Waals surface area contributed by atoms with Crippen molar-refractivity contribution < 1.29 is 18.7 Å². The van der Waals surface area contributed by atoms with Gasteiger partial charge in [-0.3, -0.25) is 0 Å². The third-order valence-electron chi connectivity index (χ3n) is 6.06. The maximum absolute atomic E-state index is 13.4. The zero-order valence-electron chi connectivity index (χ0n) is 21.8. The van der Waals surface area contributed by atoms with Gasteiger partial charge in [0.1, 0.15) is 36.9 Å². The Labute approximate surface area is 236 Å². The van der Waals surface area contributed by atoms with E-state index in [9.17, 15) is 4.39 Å². The lowest BCUT2D eigenvalue weighted by Crippen LogP contribution is -2.43. The number of aromatic nitrogens is 2. The van der Waals surface area contributed by atoms with Gasteiger partial charge < -0.3 is 24.9 Å². The predicted molar refractivity (Wildman–Crippen MR) is 154 cm³/mol. The Bertz CT molecular complexity index is 1580. The number of ether oxygens (including phenoxy) is 2. The molecule has 10 heteroatoms. The molecule has 8 nitrogen and oxygen atoms in total. The molecule has 2 N–H and O–H groups in total. The van der Waals surface area contributed by atoms with E-state index in [2.05, 4.69) is 37.6 Å². The summed E-state index contributed by atoms with van der Waals surface area (Å²) in [7, 11) is 0. The number of rotatable bonds is 9. The lowest BCUT2D eigenvalue weighted by Gasteiger charge is -2.22. The van der Waals surface area contributed by atoms with E-state index in [1.165, 1.54) is 18.5 Å². The van der Waals surface area contributed by atoms with Gasteiger partial charge in [0.05, 0.1) is 29.8 Å². The van der Waals surface area contributed by atoms with Crippen LogP contribution in [0.4, 0.5) is 15.9 Å². The van der Waals surface area contributed by atoms with Crippen LogP contribution < -0.4 is 15.4 Å². The summed E-state index contributed by atoms with van der Waals surface area (Å²) in [5, 5.41) is 12.1. The Hall–Kier alpha value is -4.23. The third-order valence-corrected chi connectivity index (χ3v) is 6.36. The molecule has 1 aliphatic rings. The molecule has 1 aromatic heterocycles. The molecular weight excluding hydrogens is 533 g/mol. The highest BCUT2D eigenvalue weighted by atomic mass is 35.5. The Morgan fingerprint density at radius 2 is 2.12 bits per heavy atom. The van der Waals surface area contributed by atoms with E-state index in [0.717, 1.165) is 23.0 Å².